The van der Waals surface area contributed by atoms with E-state index >= 15 is 0 Å². The van der Waals surface area contributed by atoms with Gasteiger partial charge >= 0.3 is 12.1 Å². The van der Waals surface area contributed by atoms with E-state index in [1.807, 2.05) is 30.3 Å². The van der Waals surface area contributed by atoms with Crippen molar-refractivity contribution in [3.63, 3.8) is 0 Å². The van der Waals surface area contributed by atoms with Gasteiger partial charge in [-0.1, -0.05) is 42.5 Å². The number of alkyl carbamates (subject to hydrolysis) is 1. The van der Waals surface area contributed by atoms with Gasteiger partial charge in [-0.05, 0) is 30.5 Å². The van der Waals surface area contributed by atoms with Crippen LogP contribution in [0.5, 0.6) is 5.75 Å². The molecule has 5 N–H and O–H groups in total. The van der Waals surface area contributed by atoms with E-state index in [0.717, 1.165) is 5.56 Å². The first kappa shape index (κ1) is 22.7. The van der Waals surface area contributed by atoms with E-state index in [1.165, 1.54) is 0 Å². The summed E-state index contributed by atoms with van der Waals surface area (Å²) in [5.41, 5.74) is 7.12. The molecule has 9 nitrogen and oxygen atoms in total. The van der Waals surface area contributed by atoms with E-state index in [1.54, 1.807) is 24.3 Å². The number of nitrogens with one attached hydrogen (secondary N) is 2. The number of rotatable bonds is 11. The lowest BCUT2D eigenvalue weighted by Crippen LogP contribution is -2.36. The van der Waals surface area contributed by atoms with Crippen LogP contribution in [-0.2, 0) is 20.9 Å². The molecule has 1 atom stereocenters. The average Bonchev–Trinajstić information content (AvgIpc) is 2.75. The van der Waals surface area contributed by atoms with E-state index in [-0.39, 0.29) is 12.4 Å². The SMILES string of the molecule is N[C@@H](CCCNC(=O)OCc1ccccc1)C(=O)Nc1ccccc1OCC(=O)O. The number of ether oxygens (including phenoxy) is 2. The summed E-state index contributed by atoms with van der Waals surface area (Å²) >= 11 is 0. The fraction of sp³-hybridized carbons (Fsp3) is 0.286. The molecule has 0 aliphatic heterocycles. The van der Waals surface area contributed by atoms with Crippen LogP contribution in [0.25, 0.3) is 0 Å². The molecule has 0 aromatic heterocycles. The molecule has 2 amide bonds. The topological polar surface area (TPSA) is 140 Å². The van der Waals surface area contributed by atoms with Crippen LogP contribution in [-0.4, -0.2) is 42.3 Å². The number of anilines is 1. The minimum absolute atomic E-state index is 0.179. The van der Waals surface area contributed by atoms with E-state index in [2.05, 4.69) is 10.6 Å². The number of benzene rings is 2. The van der Waals surface area contributed by atoms with Crippen molar-refractivity contribution in [2.45, 2.75) is 25.5 Å². The molecule has 0 aliphatic rings. The molecule has 0 spiro atoms. The highest BCUT2D eigenvalue weighted by molar-refractivity contribution is 5.95. The second-order valence-electron chi connectivity index (χ2n) is 6.41. The van der Waals surface area contributed by atoms with Gasteiger partial charge in [-0.15, -0.1) is 0 Å². The Kier molecular flexibility index (Phi) is 9.14. The number of nitrogens with two attached hydrogens (primary N) is 1. The lowest BCUT2D eigenvalue weighted by molar-refractivity contribution is -0.139. The van der Waals surface area contributed by atoms with E-state index in [9.17, 15) is 14.4 Å². The van der Waals surface area contributed by atoms with Crippen molar-refractivity contribution < 1.29 is 29.0 Å². The molecular weight excluding hydrogens is 390 g/mol. The molecule has 9 heteroatoms. The summed E-state index contributed by atoms with van der Waals surface area (Å²) in [4.78, 5) is 34.6. The van der Waals surface area contributed by atoms with Gasteiger partial charge in [0.15, 0.2) is 6.61 Å². The molecule has 160 valence electrons. The lowest BCUT2D eigenvalue weighted by atomic mass is 10.1. The molecule has 0 radical (unpaired) electrons. The van der Waals surface area contributed by atoms with Crippen molar-refractivity contribution in [1.29, 1.82) is 0 Å². The molecule has 2 rings (SSSR count). The molecule has 0 aliphatic carbocycles. The summed E-state index contributed by atoms with van der Waals surface area (Å²) in [6.45, 7) is -0.0319. The quantitative estimate of drug-likeness (QED) is 0.412. The fourth-order valence-corrected chi connectivity index (χ4v) is 2.48. The Labute approximate surface area is 174 Å². The van der Waals surface area contributed by atoms with Crippen LogP contribution in [0.4, 0.5) is 10.5 Å². The van der Waals surface area contributed by atoms with Gasteiger partial charge in [0.05, 0.1) is 11.7 Å². The van der Waals surface area contributed by atoms with Gasteiger partial charge in [-0.25, -0.2) is 9.59 Å². The molecule has 0 heterocycles. The van der Waals surface area contributed by atoms with Crippen molar-refractivity contribution in [2.75, 3.05) is 18.5 Å². The second-order valence-corrected chi connectivity index (χ2v) is 6.41. The maximum Gasteiger partial charge on any atom is 0.407 e. The first-order valence-corrected chi connectivity index (χ1v) is 9.40. The normalized spacial score (nSPS) is 11.2. The van der Waals surface area contributed by atoms with Gasteiger partial charge in [-0.2, -0.15) is 0 Å². The number of carbonyl (C=O) groups excluding carboxylic acids is 2. The zero-order valence-corrected chi connectivity index (χ0v) is 16.4. The molecule has 0 bridgehead atoms. The lowest BCUT2D eigenvalue weighted by Gasteiger charge is -2.15. The van der Waals surface area contributed by atoms with Gasteiger partial charge in [0.2, 0.25) is 5.91 Å². The predicted octanol–water partition coefficient (Wildman–Crippen LogP) is 2.12. The number of carboxylic acids is 1. The number of hydrogen-bond donors (Lipinski definition) is 4. The summed E-state index contributed by atoms with van der Waals surface area (Å²) in [6, 6.07) is 15.0. The minimum Gasteiger partial charge on any atom is -0.480 e. The average molecular weight is 415 g/mol. The summed E-state index contributed by atoms with van der Waals surface area (Å²) in [5.74, 6) is -1.32. The standard InChI is InChI=1S/C21H25N3O6/c22-16(9-6-12-23-21(28)30-13-15-7-2-1-3-8-15)20(27)24-17-10-4-5-11-18(17)29-14-19(25)26/h1-5,7-8,10-11,16H,6,9,12-14,22H2,(H,23,28)(H,24,27)(H,25,26)/t16-/m0/s1. The highest BCUT2D eigenvalue weighted by Crippen LogP contribution is 2.23. The van der Waals surface area contributed by atoms with Crippen LogP contribution in [0.1, 0.15) is 18.4 Å². The smallest absolute Gasteiger partial charge is 0.407 e. The third-order valence-electron chi connectivity index (χ3n) is 4.01. The van der Waals surface area contributed by atoms with E-state index in [0.29, 0.717) is 25.1 Å². The fourth-order valence-electron chi connectivity index (χ4n) is 2.48. The zero-order chi connectivity index (χ0) is 21.8. The summed E-state index contributed by atoms with van der Waals surface area (Å²) in [5, 5.41) is 14.0. The predicted molar refractivity (Wildman–Crippen MR) is 110 cm³/mol. The van der Waals surface area contributed by atoms with Crippen molar-refractivity contribution in [1.82, 2.24) is 5.32 Å². The number of para-hydroxylation sites is 2. The Morgan fingerprint density at radius 1 is 1.03 bits per heavy atom. The molecule has 0 fully saturated rings. The number of hydrogen-bond acceptors (Lipinski definition) is 6. The van der Waals surface area contributed by atoms with Gasteiger partial charge in [-0.3, -0.25) is 4.79 Å². The van der Waals surface area contributed by atoms with Crippen LogP contribution in [0.3, 0.4) is 0 Å². The Balaban J connectivity index is 1.68. The van der Waals surface area contributed by atoms with Gasteiger partial charge < -0.3 is 30.9 Å². The third-order valence-corrected chi connectivity index (χ3v) is 4.01. The van der Waals surface area contributed by atoms with E-state index in [4.69, 9.17) is 20.3 Å². The Hall–Kier alpha value is -3.59. The largest absolute Gasteiger partial charge is 0.480 e. The molecular formula is C21H25N3O6. The molecule has 0 saturated heterocycles. The van der Waals surface area contributed by atoms with Crippen LogP contribution in [0.2, 0.25) is 0 Å². The number of carboxylic acid groups (broad SMARTS) is 1. The maximum absolute atomic E-state index is 12.3. The summed E-state index contributed by atoms with van der Waals surface area (Å²) in [6.07, 6.45) is 0.274. The number of carbonyl (C=O) groups is 3. The third kappa shape index (κ3) is 8.19. The van der Waals surface area contributed by atoms with Crippen molar-refractivity contribution >= 4 is 23.7 Å². The highest BCUT2D eigenvalue weighted by Gasteiger charge is 2.16. The molecule has 30 heavy (non-hydrogen) atoms. The van der Waals surface area contributed by atoms with Crippen molar-refractivity contribution in [3.8, 4) is 5.75 Å². The minimum atomic E-state index is -1.12. The molecule has 0 unspecified atom stereocenters. The van der Waals surface area contributed by atoms with Crippen LogP contribution >= 0.6 is 0 Å². The molecule has 2 aromatic carbocycles. The second kappa shape index (κ2) is 12.1. The first-order chi connectivity index (χ1) is 14.5. The summed E-state index contributed by atoms with van der Waals surface area (Å²) in [7, 11) is 0. The highest BCUT2D eigenvalue weighted by atomic mass is 16.5. The Morgan fingerprint density at radius 2 is 1.73 bits per heavy atom. The zero-order valence-electron chi connectivity index (χ0n) is 16.4. The monoisotopic (exact) mass is 415 g/mol. The van der Waals surface area contributed by atoms with Crippen LogP contribution in [0, 0.1) is 0 Å². The first-order valence-electron chi connectivity index (χ1n) is 9.40. The molecule has 2 aromatic rings. The van der Waals surface area contributed by atoms with Crippen molar-refractivity contribution in [2.24, 2.45) is 5.73 Å². The Morgan fingerprint density at radius 3 is 2.47 bits per heavy atom. The van der Waals surface area contributed by atoms with E-state index < -0.39 is 30.6 Å². The van der Waals surface area contributed by atoms with Gasteiger partial charge in [0.25, 0.3) is 0 Å². The number of amides is 2. The molecule has 0 saturated carbocycles. The van der Waals surface area contributed by atoms with Crippen LogP contribution in [0.15, 0.2) is 54.6 Å². The van der Waals surface area contributed by atoms with Gasteiger partial charge in [0, 0.05) is 6.54 Å². The maximum atomic E-state index is 12.3. The summed E-state index contributed by atoms with van der Waals surface area (Å²) < 4.78 is 10.2. The van der Waals surface area contributed by atoms with Crippen molar-refractivity contribution in [3.05, 3.63) is 60.2 Å². The van der Waals surface area contributed by atoms with Gasteiger partial charge in [0.1, 0.15) is 12.4 Å². The van der Waals surface area contributed by atoms with Crippen LogP contribution < -0.4 is 21.1 Å². The Bertz CT molecular complexity index is 844. The number of aliphatic carboxylic acids is 1.